The van der Waals surface area contributed by atoms with Crippen LogP contribution in [0, 0.1) is 6.92 Å². The highest BCUT2D eigenvalue weighted by Crippen LogP contribution is 2.14. The monoisotopic (exact) mass is 296 g/mol. The Balaban J connectivity index is 2.22. The minimum absolute atomic E-state index is 0.0998. The van der Waals surface area contributed by atoms with Crippen molar-refractivity contribution in [1.29, 1.82) is 0 Å². The number of urea groups is 1. The Hall–Kier alpha value is -2.28. The van der Waals surface area contributed by atoms with Gasteiger partial charge in [-0.15, -0.1) is 6.58 Å². The summed E-state index contributed by atoms with van der Waals surface area (Å²) in [6, 6.07) is 1.03. The number of nitrogens with one attached hydrogen (secondary N) is 2. The highest BCUT2D eigenvalue weighted by Gasteiger charge is 2.13. The van der Waals surface area contributed by atoms with Gasteiger partial charge in [-0.3, -0.25) is 0 Å². The Labute approximate surface area is 123 Å². The van der Waals surface area contributed by atoms with Gasteiger partial charge in [0.1, 0.15) is 17.1 Å². The van der Waals surface area contributed by atoms with E-state index in [0.717, 1.165) is 6.42 Å². The van der Waals surface area contributed by atoms with Crippen LogP contribution in [0.25, 0.3) is 0 Å². The average molecular weight is 296 g/mol. The number of carbonyl (C=O) groups is 2. The molecule has 2 amide bonds. The van der Waals surface area contributed by atoms with Gasteiger partial charge in [-0.25, -0.2) is 9.59 Å². The van der Waals surface area contributed by atoms with Crippen LogP contribution in [0.15, 0.2) is 23.1 Å². The SMILES string of the molecule is C=CCCOCCNC(=O)NCc1cc(C(=O)O)c(C)o1. The third-order valence-corrected chi connectivity index (χ3v) is 2.62. The van der Waals surface area contributed by atoms with Crippen molar-refractivity contribution in [3.8, 4) is 0 Å². The van der Waals surface area contributed by atoms with E-state index in [4.69, 9.17) is 14.3 Å². The van der Waals surface area contributed by atoms with E-state index < -0.39 is 5.97 Å². The van der Waals surface area contributed by atoms with Gasteiger partial charge in [0, 0.05) is 6.54 Å². The zero-order valence-corrected chi connectivity index (χ0v) is 12.0. The van der Waals surface area contributed by atoms with Crippen LogP contribution in [-0.2, 0) is 11.3 Å². The molecule has 21 heavy (non-hydrogen) atoms. The molecule has 0 fully saturated rings. The van der Waals surface area contributed by atoms with E-state index in [1.54, 1.807) is 13.0 Å². The standard InChI is InChI=1S/C14H20N2O5/c1-3-4-6-20-7-5-15-14(19)16-9-11-8-12(13(17)18)10(2)21-11/h3,8H,1,4-7,9H2,2H3,(H,17,18)(H2,15,16,19). The van der Waals surface area contributed by atoms with Gasteiger partial charge in [-0.1, -0.05) is 6.08 Å². The van der Waals surface area contributed by atoms with Crippen LogP contribution in [0.4, 0.5) is 4.79 Å². The predicted octanol–water partition coefficient (Wildman–Crippen LogP) is 1.68. The Morgan fingerprint density at radius 1 is 1.43 bits per heavy atom. The van der Waals surface area contributed by atoms with Gasteiger partial charge in [-0.2, -0.15) is 0 Å². The predicted molar refractivity (Wildman–Crippen MR) is 76.3 cm³/mol. The van der Waals surface area contributed by atoms with Crippen molar-refractivity contribution in [2.45, 2.75) is 19.9 Å². The summed E-state index contributed by atoms with van der Waals surface area (Å²) >= 11 is 0. The number of ether oxygens (including phenoxy) is 1. The fourth-order valence-corrected chi connectivity index (χ4v) is 1.58. The van der Waals surface area contributed by atoms with Gasteiger partial charge in [0.05, 0.1) is 19.8 Å². The minimum atomic E-state index is -1.05. The molecule has 0 saturated heterocycles. The molecule has 116 valence electrons. The number of carbonyl (C=O) groups excluding carboxylic acids is 1. The molecule has 0 saturated carbocycles. The van der Waals surface area contributed by atoms with Crippen molar-refractivity contribution < 1.29 is 23.8 Å². The third kappa shape index (κ3) is 6.13. The van der Waals surface area contributed by atoms with Gasteiger partial charge in [0.25, 0.3) is 0 Å². The van der Waals surface area contributed by atoms with Crippen LogP contribution in [0.1, 0.15) is 28.3 Å². The van der Waals surface area contributed by atoms with Crippen LogP contribution < -0.4 is 10.6 Å². The maximum Gasteiger partial charge on any atom is 0.339 e. The van der Waals surface area contributed by atoms with E-state index in [9.17, 15) is 9.59 Å². The van der Waals surface area contributed by atoms with Crippen LogP contribution in [-0.4, -0.2) is 36.9 Å². The molecule has 0 spiro atoms. The van der Waals surface area contributed by atoms with E-state index in [1.807, 2.05) is 0 Å². The first-order valence-corrected chi connectivity index (χ1v) is 6.57. The molecule has 1 aromatic heterocycles. The number of hydrogen-bond acceptors (Lipinski definition) is 4. The highest BCUT2D eigenvalue weighted by molar-refractivity contribution is 5.88. The second-order valence-electron chi connectivity index (χ2n) is 4.29. The lowest BCUT2D eigenvalue weighted by Gasteiger charge is -2.06. The maximum absolute atomic E-state index is 11.5. The minimum Gasteiger partial charge on any atom is -0.478 e. The molecule has 0 aliphatic rings. The number of carboxylic acids is 1. The topological polar surface area (TPSA) is 101 Å². The number of aryl methyl sites for hydroxylation is 1. The number of aromatic carboxylic acids is 1. The van der Waals surface area contributed by atoms with Crippen molar-refractivity contribution in [3.63, 3.8) is 0 Å². The van der Waals surface area contributed by atoms with Crippen molar-refractivity contribution >= 4 is 12.0 Å². The van der Waals surface area contributed by atoms with Gasteiger partial charge in [-0.05, 0) is 19.4 Å². The van der Waals surface area contributed by atoms with E-state index >= 15 is 0 Å². The molecule has 7 nitrogen and oxygen atoms in total. The molecule has 0 bridgehead atoms. The largest absolute Gasteiger partial charge is 0.478 e. The van der Waals surface area contributed by atoms with Gasteiger partial charge < -0.3 is 24.9 Å². The molecule has 0 aliphatic heterocycles. The summed E-state index contributed by atoms with van der Waals surface area (Å²) in [7, 11) is 0. The van der Waals surface area contributed by atoms with Crippen LogP contribution in [0.2, 0.25) is 0 Å². The van der Waals surface area contributed by atoms with E-state index in [1.165, 1.54) is 6.07 Å². The summed E-state index contributed by atoms with van der Waals surface area (Å²) in [5, 5.41) is 14.1. The Kier molecular flexibility index (Phi) is 7.03. The molecule has 0 atom stereocenters. The van der Waals surface area contributed by atoms with Crippen LogP contribution in [0.5, 0.6) is 0 Å². The Morgan fingerprint density at radius 3 is 2.81 bits per heavy atom. The van der Waals surface area contributed by atoms with Gasteiger partial charge in [0.15, 0.2) is 0 Å². The first-order valence-electron chi connectivity index (χ1n) is 6.57. The quantitative estimate of drug-likeness (QED) is 0.475. The molecule has 3 N–H and O–H groups in total. The molecule has 1 heterocycles. The fraction of sp³-hybridized carbons (Fsp3) is 0.429. The summed E-state index contributed by atoms with van der Waals surface area (Å²) in [4.78, 5) is 22.3. The highest BCUT2D eigenvalue weighted by atomic mass is 16.5. The lowest BCUT2D eigenvalue weighted by atomic mass is 10.2. The third-order valence-electron chi connectivity index (χ3n) is 2.62. The van der Waals surface area contributed by atoms with Crippen molar-refractivity contribution in [3.05, 3.63) is 35.8 Å². The lowest BCUT2D eigenvalue weighted by Crippen LogP contribution is -2.36. The molecule has 0 aliphatic carbocycles. The molecule has 0 aromatic carbocycles. The van der Waals surface area contributed by atoms with Crippen molar-refractivity contribution in [2.24, 2.45) is 0 Å². The smallest absolute Gasteiger partial charge is 0.339 e. The first kappa shape index (κ1) is 16.8. The number of amides is 2. The van der Waals surface area contributed by atoms with E-state index in [2.05, 4.69) is 17.2 Å². The maximum atomic E-state index is 11.5. The second kappa shape index (κ2) is 8.80. The summed E-state index contributed by atoms with van der Waals surface area (Å²) in [5.74, 6) is -0.346. The van der Waals surface area contributed by atoms with E-state index in [0.29, 0.717) is 31.3 Å². The van der Waals surface area contributed by atoms with Gasteiger partial charge in [0.2, 0.25) is 0 Å². The number of carboxylic acid groups (broad SMARTS) is 1. The zero-order valence-electron chi connectivity index (χ0n) is 12.0. The van der Waals surface area contributed by atoms with Gasteiger partial charge >= 0.3 is 12.0 Å². The zero-order chi connectivity index (χ0) is 15.7. The van der Waals surface area contributed by atoms with Crippen LogP contribution >= 0.6 is 0 Å². The molecule has 7 heteroatoms. The Bertz CT molecular complexity index is 496. The first-order chi connectivity index (χ1) is 10.0. The molecular formula is C14H20N2O5. The Morgan fingerprint density at radius 2 is 2.19 bits per heavy atom. The second-order valence-corrected chi connectivity index (χ2v) is 4.29. The summed E-state index contributed by atoms with van der Waals surface area (Å²) < 4.78 is 10.5. The fourth-order valence-electron chi connectivity index (χ4n) is 1.58. The normalized spacial score (nSPS) is 10.1. The lowest BCUT2D eigenvalue weighted by molar-refractivity contribution is 0.0695. The molecule has 1 rings (SSSR count). The molecule has 1 aromatic rings. The average Bonchev–Trinajstić information content (AvgIpc) is 2.82. The van der Waals surface area contributed by atoms with E-state index in [-0.39, 0.29) is 18.1 Å². The number of rotatable bonds is 9. The summed E-state index contributed by atoms with van der Waals surface area (Å²) in [6.07, 6.45) is 2.53. The van der Waals surface area contributed by atoms with Crippen molar-refractivity contribution in [2.75, 3.05) is 19.8 Å². The molecule has 0 radical (unpaired) electrons. The molecule has 0 unspecified atom stereocenters. The summed E-state index contributed by atoms with van der Waals surface area (Å²) in [6.45, 7) is 6.65. The van der Waals surface area contributed by atoms with Crippen molar-refractivity contribution in [1.82, 2.24) is 10.6 Å². The van der Waals surface area contributed by atoms with Crippen LogP contribution in [0.3, 0.4) is 0 Å². The summed E-state index contributed by atoms with van der Waals surface area (Å²) in [5.41, 5.74) is 0.0998. The number of furan rings is 1. The molecular weight excluding hydrogens is 276 g/mol. The number of hydrogen-bond donors (Lipinski definition) is 3.